The van der Waals surface area contributed by atoms with Crippen molar-refractivity contribution in [3.8, 4) is 0 Å². The summed E-state index contributed by atoms with van der Waals surface area (Å²) in [5, 5.41) is 20.5. The van der Waals surface area contributed by atoms with Gasteiger partial charge in [-0.1, -0.05) is 42.5 Å². The number of carboxylic acids is 1. The summed E-state index contributed by atoms with van der Waals surface area (Å²) in [5.74, 6) is -1.21. The standard InChI is InChI=1S/C21H27N5O4/c1-2-17-20(28)22-11-6-12-25(17)19(27)10-9-16-14-26(24-23-16)18(21(29)30)13-15-7-4-3-5-8-15/h3-5,7-8,14,17-18H,2,6,9-13H2,1H3,(H,22,28)(H,29,30). The van der Waals surface area contributed by atoms with E-state index in [-0.39, 0.29) is 18.2 Å². The molecule has 0 spiro atoms. The molecular formula is C21H27N5O4. The van der Waals surface area contributed by atoms with Gasteiger partial charge in [-0.25, -0.2) is 9.48 Å². The number of rotatable bonds is 8. The molecule has 2 unspecified atom stereocenters. The summed E-state index contributed by atoms with van der Waals surface area (Å²) in [7, 11) is 0. The van der Waals surface area contributed by atoms with Crippen molar-refractivity contribution in [3.63, 3.8) is 0 Å². The number of carbonyl (C=O) groups excluding carboxylic acids is 2. The highest BCUT2D eigenvalue weighted by Crippen LogP contribution is 2.16. The van der Waals surface area contributed by atoms with Gasteiger partial charge in [0.25, 0.3) is 0 Å². The second-order valence-electron chi connectivity index (χ2n) is 7.39. The van der Waals surface area contributed by atoms with E-state index in [0.717, 1.165) is 12.0 Å². The number of aromatic nitrogens is 3. The van der Waals surface area contributed by atoms with Crippen molar-refractivity contribution in [2.24, 2.45) is 0 Å². The summed E-state index contributed by atoms with van der Waals surface area (Å²) in [4.78, 5) is 38.2. The number of hydrogen-bond acceptors (Lipinski definition) is 5. The highest BCUT2D eigenvalue weighted by atomic mass is 16.4. The molecule has 0 bridgehead atoms. The van der Waals surface area contributed by atoms with E-state index in [4.69, 9.17) is 0 Å². The van der Waals surface area contributed by atoms with Gasteiger partial charge in [0.05, 0.1) is 5.69 Å². The Hall–Kier alpha value is -3.23. The number of carboxylic acid groups (broad SMARTS) is 1. The van der Waals surface area contributed by atoms with Gasteiger partial charge in [-0.05, 0) is 18.4 Å². The SMILES string of the molecule is CCC1C(=O)NCCCN1C(=O)CCc1cn(C(Cc2ccccc2)C(=O)O)nn1. The number of aryl methyl sites for hydroxylation is 1. The van der Waals surface area contributed by atoms with E-state index in [2.05, 4.69) is 15.6 Å². The van der Waals surface area contributed by atoms with Gasteiger partial charge in [-0.3, -0.25) is 9.59 Å². The summed E-state index contributed by atoms with van der Waals surface area (Å²) < 4.78 is 1.34. The van der Waals surface area contributed by atoms with Crippen LogP contribution in [0.5, 0.6) is 0 Å². The normalized spacial score (nSPS) is 17.8. The molecule has 1 aliphatic heterocycles. The lowest BCUT2D eigenvalue weighted by atomic mass is 10.1. The van der Waals surface area contributed by atoms with Crippen molar-refractivity contribution in [3.05, 3.63) is 47.8 Å². The lowest BCUT2D eigenvalue weighted by Gasteiger charge is -2.27. The Morgan fingerprint density at radius 2 is 2.07 bits per heavy atom. The smallest absolute Gasteiger partial charge is 0.328 e. The second kappa shape index (κ2) is 10.00. The van der Waals surface area contributed by atoms with Crippen LogP contribution in [0.2, 0.25) is 0 Å². The number of benzene rings is 1. The average molecular weight is 413 g/mol. The van der Waals surface area contributed by atoms with E-state index in [9.17, 15) is 19.5 Å². The number of aliphatic carboxylic acids is 1. The van der Waals surface area contributed by atoms with Crippen molar-refractivity contribution in [2.75, 3.05) is 13.1 Å². The molecule has 2 N–H and O–H groups in total. The highest BCUT2D eigenvalue weighted by Gasteiger charge is 2.30. The number of nitrogens with zero attached hydrogens (tertiary/aromatic N) is 4. The van der Waals surface area contributed by atoms with Crippen LogP contribution in [0.25, 0.3) is 0 Å². The van der Waals surface area contributed by atoms with E-state index in [1.807, 2.05) is 37.3 Å². The third-order valence-electron chi connectivity index (χ3n) is 5.29. The first-order valence-electron chi connectivity index (χ1n) is 10.2. The average Bonchev–Trinajstić information content (AvgIpc) is 3.12. The molecule has 2 atom stereocenters. The minimum atomic E-state index is -0.993. The van der Waals surface area contributed by atoms with Crippen LogP contribution in [0.3, 0.4) is 0 Å². The predicted octanol–water partition coefficient (Wildman–Crippen LogP) is 1.21. The lowest BCUT2D eigenvalue weighted by molar-refractivity contribution is -0.141. The maximum absolute atomic E-state index is 12.7. The second-order valence-corrected chi connectivity index (χ2v) is 7.39. The van der Waals surface area contributed by atoms with Gasteiger partial charge >= 0.3 is 5.97 Å². The van der Waals surface area contributed by atoms with Crippen LogP contribution in [-0.2, 0) is 27.2 Å². The summed E-state index contributed by atoms with van der Waals surface area (Å²) in [6, 6.07) is 8.02. The fourth-order valence-electron chi connectivity index (χ4n) is 3.67. The number of amides is 2. The van der Waals surface area contributed by atoms with E-state index in [1.54, 1.807) is 11.1 Å². The third-order valence-corrected chi connectivity index (χ3v) is 5.29. The summed E-state index contributed by atoms with van der Waals surface area (Å²) in [6.45, 7) is 3.01. The molecular weight excluding hydrogens is 386 g/mol. The molecule has 9 nitrogen and oxygen atoms in total. The van der Waals surface area contributed by atoms with Gasteiger partial charge in [0.2, 0.25) is 11.8 Å². The van der Waals surface area contributed by atoms with Gasteiger partial charge in [-0.15, -0.1) is 5.10 Å². The topological polar surface area (TPSA) is 117 Å². The molecule has 3 rings (SSSR count). The largest absolute Gasteiger partial charge is 0.480 e. The first kappa shape index (κ1) is 21.5. The Balaban J connectivity index is 1.63. The Bertz CT molecular complexity index is 883. The minimum Gasteiger partial charge on any atom is -0.480 e. The zero-order valence-electron chi connectivity index (χ0n) is 17.0. The number of carbonyl (C=O) groups is 3. The van der Waals surface area contributed by atoms with Crippen LogP contribution in [0.1, 0.15) is 43.5 Å². The van der Waals surface area contributed by atoms with Crippen LogP contribution in [0.4, 0.5) is 0 Å². The third kappa shape index (κ3) is 5.22. The lowest BCUT2D eigenvalue weighted by Crippen LogP contribution is -2.46. The molecule has 9 heteroatoms. The Kier molecular flexibility index (Phi) is 7.16. The molecule has 2 amide bonds. The first-order valence-corrected chi connectivity index (χ1v) is 10.2. The molecule has 2 heterocycles. The summed E-state index contributed by atoms with van der Waals surface area (Å²) in [6.07, 6.45) is 3.70. The Labute approximate surface area is 175 Å². The zero-order chi connectivity index (χ0) is 21.5. The monoisotopic (exact) mass is 413 g/mol. The molecule has 30 heavy (non-hydrogen) atoms. The summed E-state index contributed by atoms with van der Waals surface area (Å²) >= 11 is 0. The van der Waals surface area contributed by atoms with Gasteiger partial charge in [-0.2, -0.15) is 0 Å². The molecule has 2 aromatic rings. The van der Waals surface area contributed by atoms with Gasteiger partial charge in [0.15, 0.2) is 6.04 Å². The molecule has 0 aliphatic carbocycles. The minimum absolute atomic E-state index is 0.104. The van der Waals surface area contributed by atoms with Crippen molar-refractivity contribution < 1.29 is 19.5 Å². The Morgan fingerprint density at radius 3 is 2.77 bits per heavy atom. The molecule has 0 saturated carbocycles. The molecule has 1 aromatic heterocycles. The van der Waals surface area contributed by atoms with Crippen LogP contribution in [0.15, 0.2) is 36.5 Å². The van der Waals surface area contributed by atoms with Crippen molar-refractivity contribution in [1.29, 1.82) is 0 Å². The quantitative estimate of drug-likeness (QED) is 0.672. The fraction of sp³-hybridized carbons (Fsp3) is 0.476. The molecule has 1 fully saturated rings. The highest BCUT2D eigenvalue weighted by molar-refractivity contribution is 5.88. The summed E-state index contributed by atoms with van der Waals surface area (Å²) in [5.41, 5.74) is 1.44. The molecule has 1 aromatic carbocycles. The van der Waals surface area contributed by atoms with Crippen molar-refractivity contribution in [1.82, 2.24) is 25.2 Å². The van der Waals surface area contributed by atoms with Crippen molar-refractivity contribution in [2.45, 2.75) is 51.1 Å². The van der Waals surface area contributed by atoms with Crippen LogP contribution < -0.4 is 5.32 Å². The van der Waals surface area contributed by atoms with Gasteiger partial charge < -0.3 is 15.3 Å². The van der Waals surface area contributed by atoms with Crippen molar-refractivity contribution >= 4 is 17.8 Å². The van der Waals surface area contributed by atoms with E-state index >= 15 is 0 Å². The predicted molar refractivity (Wildman–Crippen MR) is 109 cm³/mol. The number of nitrogens with one attached hydrogen (secondary N) is 1. The van der Waals surface area contributed by atoms with E-state index in [1.165, 1.54) is 4.68 Å². The maximum Gasteiger partial charge on any atom is 0.328 e. The fourth-order valence-corrected chi connectivity index (χ4v) is 3.67. The van der Waals surface area contributed by atoms with Crippen LogP contribution >= 0.6 is 0 Å². The molecule has 160 valence electrons. The van der Waals surface area contributed by atoms with Crippen LogP contribution in [0, 0.1) is 0 Å². The van der Waals surface area contributed by atoms with Gasteiger partial charge in [0.1, 0.15) is 6.04 Å². The van der Waals surface area contributed by atoms with Gasteiger partial charge in [0, 0.05) is 38.5 Å². The molecule has 1 saturated heterocycles. The molecule has 1 aliphatic rings. The maximum atomic E-state index is 12.7. The Morgan fingerprint density at radius 1 is 1.30 bits per heavy atom. The van der Waals surface area contributed by atoms with E-state index < -0.39 is 18.1 Å². The first-order chi connectivity index (χ1) is 14.5. The zero-order valence-corrected chi connectivity index (χ0v) is 17.0. The molecule has 0 radical (unpaired) electrons. The van der Waals surface area contributed by atoms with E-state index in [0.29, 0.717) is 38.0 Å². The number of hydrogen-bond donors (Lipinski definition) is 2. The van der Waals surface area contributed by atoms with Crippen LogP contribution in [-0.4, -0.2) is 61.9 Å².